The number of nitrogens with one attached hydrogen (secondary N) is 1. The number of benzene rings is 2. The predicted octanol–water partition coefficient (Wildman–Crippen LogP) is 5.12. The molecule has 0 fully saturated rings. The first-order valence-corrected chi connectivity index (χ1v) is 9.49. The monoisotopic (exact) mass is 350 g/mol. The van der Waals surface area contributed by atoms with Crippen LogP contribution in [0.5, 0.6) is 0 Å². The lowest BCUT2D eigenvalue weighted by Gasteiger charge is -2.08. The van der Waals surface area contributed by atoms with Gasteiger partial charge in [-0.2, -0.15) is 0 Å². The summed E-state index contributed by atoms with van der Waals surface area (Å²) >= 11 is 1.58. The third-order valence-corrected chi connectivity index (χ3v) is 5.12. The van der Waals surface area contributed by atoms with E-state index < -0.39 is 0 Å². The molecule has 0 bridgehead atoms. The standard InChI is InChI=1S/C21H22N2OS/c1-3-15-9-11-17(12-10-15)21-22-18(14-25-21)13-20(24)23-19-8-6-5-7-16(19)4-2/h5-12,14H,3-4,13H2,1-2H3,(H,23,24). The lowest BCUT2D eigenvalue weighted by molar-refractivity contribution is -0.115. The fourth-order valence-electron chi connectivity index (χ4n) is 2.71. The quantitative estimate of drug-likeness (QED) is 0.671. The number of thiazole rings is 1. The SMILES string of the molecule is CCc1ccc(-c2nc(CC(=O)Nc3ccccc3CC)cs2)cc1. The Labute approximate surface area is 152 Å². The normalized spacial score (nSPS) is 10.6. The van der Waals surface area contributed by atoms with E-state index in [4.69, 9.17) is 0 Å². The van der Waals surface area contributed by atoms with Crippen molar-refractivity contribution in [3.63, 3.8) is 0 Å². The highest BCUT2D eigenvalue weighted by Crippen LogP contribution is 2.24. The Bertz CT molecular complexity index is 852. The van der Waals surface area contributed by atoms with Gasteiger partial charge in [-0.3, -0.25) is 4.79 Å². The Balaban J connectivity index is 1.67. The average Bonchev–Trinajstić information content (AvgIpc) is 3.10. The molecule has 4 heteroatoms. The zero-order valence-corrected chi connectivity index (χ0v) is 15.4. The van der Waals surface area contributed by atoms with Gasteiger partial charge >= 0.3 is 0 Å². The summed E-state index contributed by atoms with van der Waals surface area (Å²) in [6, 6.07) is 16.4. The highest BCUT2D eigenvalue weighted by molar-refractivity contribution is 7.13. The number of nitrogens with zero attached hydrogens (tertiary/aromatic N) is 1. The predicted molar refractivity (Wildman–Crippen MR) is 105 cm³/mol. The molecule has 0 atom stereocenters. The molecule has 0 radical (unpaired) electrons. The molecule has 0 aliphatic heterocycles. The summed E-state index contributed by atoms with van der Waals surface area (Å²) in [5.74, 6) is -0.0286. The van der Waals surface area contributed by atoms with E-state index in [0.29, 0.717) is 6.42 Å². The number of anilines is 1. The van der Waals surface area contributed by atoms with Crippen LogP contribution < -0.4 is 5.32 Å². The van der Waals surface area contributed by atoms with E-state index >= 15 is 0 Å². The molecule has 3 rings (SSSR count). The van der Waals surface area contributed by atoms with Gasteiger partial charge in [0.25, 0.3) is 0 Å². The van der Waals surface area contributed by atoms with E-state index in [0.717, 1.165) is 40.4 Å². The van der Waals surface area contributed by atoms with Crippen molar-refractivity contribution < 1.29 is 4.79 Å². The molecule has 2 aromatic carbocycles. The molecule has 1 aromatic heterocycles. The summed E-state index contributed by atoms with van der Waals surface area (Å²) < 4.78 is 0. The Morgan fingerprint density at radius 2 is 1.80 bits per heavy atom. The highest BCUT2D eigenvalue weighted by Gasteiger charge is 2.10. The molecule has 3 nitrogen and oxygen atoms in total. The average molecular weight is 350 g/mol. The van der Waals surface area contributed by atoms with E-state index in [9.17, 15) is 4.79 Å². The van der Waals surface area contributed by atoms with Crippen molar-refractivity contribution in [3.05, 3.63) is 70.7 Å². The summed E-state index contributed by atoms with van der Waals surface area (Å²) in [5.41, 5.74) is 5.26. The lowest BCUT2D eigenvalue weighted by atomic mass is 10.1. The number of carbonyl (C=O) groups excluding carboxylic acids is 1. The molecule has 0 saturated heterocycles. The van der Waals surface area contributed by atoms with Crippen LogP contribution in [-0.4, -0.2) is 10.9 Å². The van der Waals surface area contributed by atoms with Crippen LogP contribution in [0.4, 0.5) is 5.69 Å². The van der Waals surface area contributed by atoms with E-state index in [1.165, 1.54) is 5.56 Å². The second-order valence-electron chi connectivity index (χ2n) is 5.93. The van der Waals surface area contributed by atoms with Gasteiger partial charge in [-0.1, -0.05) is 56.3 Å². The van der Waals surface area contributed by atoms with E-state index in [2.05, 4.69) is 48.4 Å². The molecule has 0 aliphatic rings. The van der Waals surface area contributed by atoms with Crippen LogP contribution >= 0.6 is 11.3 Å². The van der Waals surface area contributed by atoms with Crippen molar-refractivity contribution in [2.24, 2.45) is 0 Å². The number of aryl methyl sites for hydroxylation is 2. The van der Waals surface area contributed by atoms with Gasteiger partial charge in [0.2, 0.25) is 5.91 Å². The molecule has 0 unspecified atom stereocenters. The maximum Gasteiger partial charge on any atom is 0.230 e. The third-order valence-electron chi connectivity index (χ3n) is 4.17. The Morgan fingerprint density at radius 3 is 2.52 bits per heavy atom. The van der Waals surface area contributed by atoms with Crippen molar-refractivity contribution in [1.29, 1.82) is 0 Å². The van der Waals surface area contributed by atoms with Gasteiger partial charge in [0.1, 0.15) is 5.01 Å². The van der Waals surface area contributed by atoms with Crippen molar-refractivity contribution in [2.75, 3.05) is 5.32 Å². The third kappa shape index (κ3) is 4.34. The van der Waals surface area contributed by atoms with Crippen molar-refractivity contribution in [2.45, 2.75) is 33.1 Å². The molecule has 0 saturated carbocycles. The molecule has 1 amide bonds. The zero-order chi connectivity index (χ0) is 17.6. The minimum absolute atomic E-state index is 0.0286. The van der Waals surface area contributed by atoms with Crippen LogP contribution in [0, 0.1) is 0 Å². The van der Waals surface area contributed by atoms with Gasteiger partial charge in [0.05, 0.1) is 12.1 Å². The fourth-order valence-corrected chi connectivity index (χ4v) is 3.54. The molecule has 0 aliphatic carbocycles. The van der Waals surface area contributed by atoms with Gasteiger partial charge in [0.15, 0.2) is 0 Å². The lowest BCUT2D eigenvalue weighted by Crippen LogP contribution is -2.15. The zero-order valence-electron chi connectivity index (χ0n) is 14.6. The van der Waals surface area contributed by atoms with Gasteiger partial charge in [-0.05, 0) is 30.0 Å². The molecule has 0 spiro atoms. The minimum atomic E-state index is -0.0286. The summed E-state index contributed by atoms with van der Waals surface area (Å²) in [6.07, 6.45) is 2.22. The van der Waals surface area contributed by atoms with Crippen molar-refractivity contribution in [3.8, 4) is 10.6 Å². The Hall–Kier alpha value is -2.46. The molecule has 1 heterocycles. The molecule has 1 N–H and O–H groups in total. The number of hydrogen-bond acceptors (Lipinski definition) is 3. The maximum absolute atomic E-state index is 12.3. The first-order chi connectivity index (χ1) is 12.2. The molecule has 128 valence electrons. The Kier molecular flexibility index (Phi) is 5.61. The van der Waals surface area contributed by atoms with Crippen LogP contribution in [0.3, 0.4) is 0 Å². The second kappa shape index (κ2) is 8.08. The number of amides is 1. The van der Waals surface area contributed by atoms with Gasteiger partial charge in [-0.25, -0.2) is 4.98 Å². The fraction of sp³-hybridized carbons (Fsp3) is 0.238. The van der Waals surface area contributed by atoms with Crippen molar-refractivity contribution >= 4 is 22.9 Å². The number of hydrogen-bond donors (Lipinski definition) is 1. The van der Waals surface area contributed by atoms with Gasteiger partial charge < -0.3 is 5.32 Å². The molecule has 3 aromatic rings. The van der Waals surface area contributed by atoms with E-state index in [-0.39, 0.29) is 5.91 Å². The van der Waals surface area contributed by atoms with Gasteiger partial charge in [0, 0.05) is 16.6 Å². The second-order valence-corrected chi connectivity index (χ2v) is 6.79. The minimum Gasteiger partial charge on any atom is -0.325 e. The first kappa shape index (κ1) is 17.4. The summed E-state index contributed by atoms with van der Waals surface area (Å²) in [6.45, 7) is 4.23. The van der Waals surface area contributed by atoms with Crippen LogP contribution in [0.2, 0.25) is 0 Å². The molecular weight excluding hydrogens is 328 g/mol. The summed E-state index contributed by atoms with van der Waals surface area (Å²) in [7, 11) is 0. The summed E-state index contributed by atoms with van der Waals surface area (Å²) in [4.78, 5) is 17.0. The van der Waals surface area contributed by atoms with Crippen LogP contribution in [0.25, 0.3) is 10.6 Å². The van der Waals surface area contributed by atoms with Crippen LogP contribution in [0.1, 0.15) is 30.7 Å². The number of aromatic nitrogens is 1. The molecular formula is C21H22N2OS. The number of rotatable bonds is 6. The number of para-hydroxylation sites is 1. The van der Waals surface area contributed by atoms with Crippen molar-refractivity contribution in [1.82, 2.24) is 4.98 Å². The topological polar surface area (TPSA) is 42.0 Å². The maximum atomic E-state index is 12.3. The number of carbonyl (C=O) groups is 1. The largest absolute Gasteiger partial charge is 0.325 e. The Morgan fingerprint density at radius 1 is 1.04 bits per heavy atom. The first-order valence-electron chi connectivity index (χ1n) is 8.61. The van der Waals surface area contributed by atoms with Gasteiger partial charge in [-0.15, -0.1) is 11.3 Å². The van der Waals surface area contributed by atoms with E-state index in [1.54, 1.807) is 11.3 Å². The summed E-state index contributed by atoms with van der Waals surface area (Å²) in [5, 5.41) is 5.92. The van der Waals surface area contributed by atoms with Crippen LogP contribution in [0.15, 0.2) is 53.9 Å². The molecule has 25 heavy (non-hydrogen) atoms. The smallest absolute Gasteiger partial charge is 0.230 e. The van der Waals surface area contributed by atoms with E-state index in [1.807, 2.05) is 29.6 Å². The highest BCUT2D eigenvalue weighted by atomic mass is 32.1. The van der Waals surface area contributed by atoms with Crippen LogP contribution in [-0.2, 0) is 24.1 Å².